The van der Waals surface area contributed by atoms with Crippen LogP contribution < -0.4 is 10.8 Å². The lowest BCUT2D eigenvalue weighted by Gasteiger charge is -2.32. The standard InChI is InChI=1S/C15H24BN3O2/c1-14(2)15(3,4)21-16(20-14)11-9-17-13(18-10-11)19-12-7-5-6-8-12/h9-10,12H,5-8H2,1-4H3,(H,17,18,19). The second-order valence-corrected chi connectivity index (χ2v) is 7.05. The Morgan fingerprint density at radius 1 is 1.05 bits per heavy atom. The van der Waals surface area contributed by atoms with E-state index in [4.69, 9.17) is 9.31 Å². The minimum atomic E-state index is -0.393. The van der Waals surface area contributed by atoms with Gasteiger partial charge in [0.25, 0.3) is 0 Å². The topological polar surface area (TPSA) is 56.3 Å². The molecule has 2 fully saturated rings. The van der Waals surface area contributed by atoms with Crippen molar-refractivity contribution >= 4 is 18.5 Å². The van der Waals surface area contributed by atoms with Gasteiger partial charge in [-0.2, -0.15) is 0 Å². The predicted octanol–water partition coefficient (Wildman–Crippen LogP) is 2.13. The maximum Gasteiger partial charge on any atom is 0.498 e. The fourth-order valence-corrected chi connectivity index (χ4v) is 2.77. The van der Waals surface area contributed by atoms with Crippen molar-refractivity contribution in [3.05, 3.63) is 12.4 Å². The Kier molecular flexibility index (Phi) is 3.70. The first-order valence-electron chi connectivity index (χ1n) is 7.81. The van der Waals surface area contributed by atoms with E-state index in [0.717, 1.165) is 5.46 Å². The van der Waals surface area contributed by atoms with Gasteiger partial charge in [-0.3, -0.25) is 0 Å². The van der Waals surface area contributed by atoms with E-state index >= 15 is 0 Å². The van der Waals surface area contributed by atoms with Crippen LogP contribution >= 0.6 is 0 Å². The Balaban J connectivity index is 1.67. The zero-order valence-corrected chi connectivity index (χ0v) is 13.3. The van der Waals surface area contributed by atoms with Gasteiger partial charge in [0.2, 0.25) is 5.95 Å². The molecule has 0 bridgehead atoms. The van der Waals surface area contributed by atoms with Crippen LogP contribution in [0.4, 0.5) is 5.95 Å². The molecule has 0 spiro atoms. The molecule has 6 heteroatoms. The molecule has 1 aromatic heterocycles. The minimum Gasteiger partial charge on any atom is -0.399 e. The third-order valence-corrected chi connectivity index (χ3v) is 4.89. The lowest BCUT2D eigenvalue weighted by Crippen LogP contribution is -2.41. The first-order valence-corrected chi connectivity index (χ1v) is 7.81. The summed E-state index contributed by atoms with van der Waals surface area (Å²) in [7, 11) is -0.393. The van der Waals surface area contributed by atoms with Crippen LogP contribution in [0.25, 0.3) is 0 Å². The van der Waals surface area contributed by atoms with E-state index in [2.05, 4.69) is 15.3 Å². The van der Waals surface area contributed by atoms with Gasteiger partial charge < -0.3 is 14.6 Å². The molecule has 5 nitrogen and oxygen atoms in total. The first-order chi connectivity index (χ1) is 9.87. The molecular formula is C15H24BN3O2. The SMILES string of the molecule is CC1(C)OB(c2cnc(NC3CCCC3)nc2)OC1(C)C. The van der Waals surface area contributed by atoms with Crippen LogP contribution in [0.3, 0.4) is 0 Å². The fraction of sp³-hybridized carbons (Fsp3) is 0.733. The van der Waals surface area contributed by atoms with Gasteiger partial charge in [0.1, 0.15) is 0 Å². The molecule has 0 radical (unpaired) electrons. The van der Waals surface area contributed by atoms with Crippen molar-refractivity contribution in [2.75, 3.05) is 5.32 Å². The molecule has 1 saturated carbocycles. The molecule has 114 valence electrons. The molecule has 2 aliphatic rings. The normalized spacial score (nSPS) is 24.5. The van der Waals surface area contributed by atoms with Crippen LogP contribution in [-0.4, -0.2) is 34.3 Å². The summed E-state index contributed by atoms with van der Waals surface area (Å²) in [5, 5.41) is 3.39. The molecule has 0 unspecified atom stereocenters. The summed E-state index contributed by atoms with van der Waals surface area (Å²) in [5.41, 5.74) is 0.197. The second-order valence-electron chi connectivity index (χ2n) is 7.05. The lowest BCUT2D eigenvalue weighted by atomic mass is 9.81. The van der Waals surface area contributed by atoms with Gasteiger partial charge in [0.05, 0.1) is 11.2 Å². The molecule has 1 saturated heterocycles. The Labute approximate surface area is 127 Å². The highest BCUT2D eigenvalue weighted by atomic mass is 16.7. The molecule has 2 heterocycles. The van der Waals surface area contributed by atoms with E-state index in [1.807, 2.05) is 27.7 Å². The number of rotatable bonds is 3. The first kappa shape index (κ1) is 14.8. The average Bonchev–Trinajstić information content (AvgIpc) is 2.97. The maximum atomic E-state index is 6.00. The zero-order chi connectivity index (χ0) is 15.1. The zero-order valence-electron chi connectivity index (χ0n) is 13.3. The summed E-state index contributed by atoms with van der Waals surface area (Å²) in [5.74, 6) is 0.696. The molecule has 0 atom stereocenters. The lowest BCUT2D eigenvalue weighted by molar-refractivity contribution is 0.00578. The monoisotopic (exact) mass is 289 g/mol. The van der Waals surface area contributed by atoms with Gasteiger partial charge >= 0.3 is 7.12 Å². The fourth-order valence-electron chi connectivity index (χ4n) is 2.77. The molecule has 1 aromatic rings. The summed E-state index contributed by atoms with van der Waals surface area (Å²) in [6.45, 7) is 8.18. The van der Waals surface area contributed by atoms with E-state index in [9.17, 15) is 0 Å². The third kappa shape index (κ3) is 2.92. The predicted molar refractivity (Wildman–Crippen MR) is 83.6 cm³/mol. The van der Waals surface area contributed by atoms with Gasteiger partial charge in [0.15, 0.2) is 0 Å². The van der Waals surface area contributed by atoms with Crippen molar-refractivity contribution in [3.8, 4) is 0 Å². The van der Waals surface area contributed by atoms with E-state index < -0.39 is 7.12 Å². The molecule has 1 N–H and O–H groups in total. The van der Waals surface area contributed by atoms with Crippen LogP contribution in [0.5, 0.6) is 0 Å². The molecule has 21 heavy (non-hydrogen) atoms. The van der Waals surface area contributed by atoms with Crippen molar-refractivity contribution in [2.45, 2.75) is 70.6 Å². The minimum absolute atomic E-state index is 0.335. The number of hydrogen-bond acceptors (Lipinski definition) is 5. The molecule has 1 aliphatic heterocycles. The number of nitrogens with zero attached hydrogens (tertiary/aromatic N) is 2. The van der Waals surface area contributed by atoms with Crippen molar-refractivity contribution in [3.63, 3.8) is 0 Å². The van der Waals surface area contributed by atoms with Gasteiger partial charge in [-0.15, -0.1) is 0 Å². The summed E-state index contributed by atoms with van der Waals surface area (Å²) in [6.07, 6.45) is 8.61. The largest absolute Gasteiger partial charge is 0.498 e. The maximum absolute atomic E-state index is 6.00. The summed E-state index contributed by atoms with van der Waals surface area (Å²) in [4.78, 5) is 8.80. The molecule has 3 rings (SSSR count). The van der Waals surface area contributed by atoms with Gasteiger partial charge in [-0.05, 0) is 40.5 Å². The molecular weight excluding hydrogens is 265 g/mol. The quantitative estimate of drug-likeness (QED) is 0.864. The van der Waals surface area contributed by atoms with Crippen molar-refractivity contribution in [2.24, 2.45) is 0 Å². The summed E-state index contributed by atoms with van der Waals surface area (Å²) in [6, 6.07) is 0.521. The Morgan fingerprint density at radius 3 is 2.10 bits per heavy atom. The van der Waals surface area contributed by atoms with E-state index in [1.54, 1.807) is 12.4 Å². The van der Waals surface area contributed by atoms with E-state index in [1.165, 1.54) is 25.7 Å². The Morgan fingerprint density at radius 2 is 1.57 bits per heavy atom. The summed E-state index contributed by atoms with van der Waals surface area (Å²) < 4.78 is 12.0. The van der Waals surface area contributed by atoms with Crippen molar-refractivity contribution in [1.29, 1.82) is 0 Å². The van der Waals surface area contributed by atoms with E-state index in [-0.39, 0.29) is 11.2 Å². The number of anilines is 1. The Hall–Kier alpha value is -1.14. The van der Waals surface area contributed by atoms with Crippen LogP contribution in [-0.2, 0) is 9.31 Å². The third-order valence-electron chi connectivity index (χ3n) is 4.89. The van der Waals surface area contributed by atoms with Crippen LogP contribution in [0, 0.1) is 0 Å². The molecule has 1 aliphatic carbocycles. The smallest absolute Gasteiger partial charge is 0.399 e. The van der Waals surface area contributed by atoms with Gasteiger partial charge in [-0.1, -0.05) is 12.8 Å². The highest BCUT2D eigenvalue weighted by molar-refractivity contribution is 6.61. The number of nitrogens with one attached hydrogen (secondary N) is 1. The molecule has 0 amide bonds. The number of hydrogen-bond donors (Lipinski definition) is 1. The van der Waals surface area contributed by atoms with Crippen LogP contribution in [0.1, 0.15) is 53.4 Å². The second kappa shape index (κ2) is 5.25. The van der Waals surface area contributed by atoms with Gasteiger partial charge in [0, 0.05) is 23.9 Å². The summed E-state index contributed by atoms with van der Waals surface area (Å²) >= 11 is 0. The highest BCUT2D eigenvalue weighted by Crippen LogP contribution is 2.36. The van der Waals surface area contributed by atoms with Gasteiger partial charge in [-0.25, -0.2) is 9.97 Å². The molecule has 0 aromatic carbocycles. The average molecular weight is 289 g/mol. The van der Waals surface area contributed by atoms with Crippen molar-refractivity contribution < 1.29 is 9.31 Å². The highest BCUT2D eigenvalue weighted by Gasteiger charge is 2.51. The van der Waals surface area contributed by atoms with E-state index in [0.29, 0.717) is 12.0 Å². The van der Waals surface area contributed by atoms with Crippen molar-refractivity contribution in [1.82, 2.24) is 9.97 Å². The Bertz CT molecular complexity index is 482. The van der Waals surface area contributed by atoms with Crippen LogP contribution in [0.15, 0.2) is 12.4 Å². The number of aromatic nitrogens is 2. The van der Waals surface area contributed by atoms with Crippen LogP contribution in [0.2, 0.25) is 0 Å².